The zero-order valence-corrected chi connectivity index (χ0v) is 14.9. The molecule has 0 radical (unpaired) electrons. The van der Waals surface area contributed by atoms with Crippen molar-refractivity contribution in [2.45, 2.75) is 31.5 Å². The lowest BCUT2D eigenvalue weighted by atomic mass is 9.75. The summed E-state index contributed by atoms with van der Waals surface area (Å²) in [6, 6.07) is 8.07. The molecular formula is C20H27N3O2. The fourth-order valence-electron chi connectivity index (χ4n) is 4.26. The average Bonchev–Trinajstić information content (AvgIpc) is 3.10. The maximum absolute atomic E-state index is 5.99. The van der Waals surface area contributed by atoms with Gasteiger partial charge < -0.3 is 9.15 Å². The molecule has 5 heteroatoms. The summed E-state index contributed by atoms with van der Waals surface area (Å²) in [5.41, 5.74) is 1.53. The van der Waals surface area contributed by atoms with E-state index >= 15 is 0 Å². The van der Waals surface area contributed by atoms with Crippen LogP contribution in [0.3, 0.4) is 0 Å². The Morgan fingerprint density at radius 1 is 1.28 bits per heavy atom. The van der Waals surface area contributed by atoms with Gasteiger partial charge in [0.2, 0.25) is 0 Å². The highest BCUT2D eigenvalue weighted by Gasteiger charge is 2.49. The maximum atomic E-state index is 5.99. The summed E-state index contributed by atoms with van der Waals surface area (Å²) >= 11 is 0. The van der Waals surface area contributed by atoms with Crippen LogP contribution in [0.25, 0.3) is 0 Å². The minimum absolute atomic E-state index is 0.329. The molecule has 0 saturated carbocycles. The topological polar surface area (TPSA) is 41.7 Å². The minimum atomic E-state index is 0.329. The molecular weight excluding hydrogens is 314 g/mol. The Morgan fingerprint density at radius 3 is 2.88 bits per heavy atom. The molecule has 134 valence electrons. The Morgan fingerprint density at radius 2 is 2.12 bits per heavy atom. The van der Waals surface area contributed by atoms with E-state index in [1.165, 1.54) is 18.4 Å². The fraction of sp³-hybridized carbons (Fsp3) is 0.550. The summed E-state index contributed by atoms with van der Waals surface area (Å²) in [7, 11) is 2.28. The molecule has 5 nitrogen and oxygen atoms in total. The molecule has 2 fully saturated rings. The number of likely N-dealkylation sites (tertiary alicyclic amines) is 2. The highest BCUT2D eigenvalue weighted by atomic mass is 16.5. The van der Waals surface area contributed by atoms with Crippen molar-refractivity contribution in [3.05, 3.63) is 54.2 Å². The molecule has 4 heterocycles. The van der Waals surface area contributed by atoms with Crippen LogP contribution in [-0.4, -0.2) is 53.6 Å². The van der Waals surface area contributed by atoms with Crippen LogP contribution in [0.1, 0.15) is 24.2 Å². The number of furan rings is 1. The average molecular weight is 341 g/mol. The number of piperidine rings is 1. The third-order valence-electron chi connectivity index (χ3n) is 5.72. The Hall–Kier alpha value is -1.69. The quantitative estimate of drug-likeness (QED) is 0.808. The highest BCUT2D eigenvalue weighted by molar-refractivity contribution is 5.09. The molecule has 1 atom stereocenters. The van der Waals surface area contributed by atoms with Gasteiger partial charge in [-0.3, -0.25) is 14.8 Å². The summed E-state index contributed by atoms with van der Waals surface area (Å²) in [4.78, 5) is 9.09. The van der Waals surface area contributed by atoms with E-state index in [-0.39, 0.29) is 0 Å². The number of nitrogens with zero attached hydrogens (tertiary/aromatic N) is 3. The molecule has 1 spiro atoms. The predicted octanol–water partition coefficient (Wildman–Crippen LogP) is 2.79. The normalized spacial score (nSPS) is 23.6. The van der Waals surface area contributed by atoms with Crippen LogP contribution in [0.5, 0.6) is 0 Å². The summed E-state index contributed by atoms with van der Waals surface area (Å²) in [6.45, 7) is 5.89. The molecule has 2 aromatic heterocycles. The standard InChI is InChI=1S/C20H27N3O2/c1-22-9-6-18(14-24-13-17-4-7-21-8-5-17)11-20(22)15-23(16-20)12-19-3-2-10-25-19/h2-5,7-8,10,18H,6,9,11-16H2,1H3/t18-/m0/s1. The number of rotatable bonds is 6. The van der Waals surface area contributed by atoms with Gasteiger partial charge in [-0.25, -0.2) is 0 Å². The van der Waals surface area contributed by atoms with Crippen LogP contribution >= 0.6 is 0 Å². The molecule has 2 aromatic rings. The zero-order chi connectivity index (χ0) is 17.1. The van der Waals surface area contributed by atoms with Gasteiger partial charge in [-0.2, -0.15) is 0 Å². The van der Waals surface area contributed by atoms with Crippen molar-refractivity contribution in [2.75, 3.05) is 33.3 Å². The second-order valence-electron chi connectivity index (χ2n) is 7.60. The van der Waals surface area contributed by atoms with Crippen LogP contribution in [0, 0.1) is 5.92 Å². The van der Waals surface area contributed by atoms with Gasteiger partial charge in [0.15, 0.2) is 0 Å². The molecule has 0 amide bonds. The monoisotopic (exact) mass is 341 g/mol. The Bertz CT molecular complexity index is 653. The smallest absolute Gasteiger partial charge is 0.117 e. The van der Waals surface area contributed by atoms with E-state index in [1.54, 1.807) is 6.26 Å². The van der Waals surface area contributed by atoms with Crippen molar-refractivity contribution in [3.8, 4) is 0 Å². The van der Waals surface area contributed by atoms with Gasteiger partial charge in [0.1, 0.15) is 5.76 Å². The van der Waals surface area contributed by atoms with Gasteiger partial charge in [-0.1, -0.05) is 0 Å². The first-order valence-corrected chi connectivity index (χ1v) is 9.16. The van der Waals surface area contributed by atoms with E-state index in [0.717, 1.165) is 38.5 Å². The van der Waals surface area contributed by atoms with Crippen molar-refractivity contribution in [3.63, 3.8) is 0 Å². The maximum Gasteiger partial charge on any atom is 0.117 e. The van der Waals surface area contributed by atoms with Gasteiger partial charge in [0.05, 0.1) is 19.4 Å². The SMILES string of the molecule is CN1CC[C@H](COCc2ccncc2)CC12CN(Cc1ccco1)C2. The molecule has 4 rings (SSSR count). The first-order chi connectivity index (χ1) is 12.2. The molecule has 0 unspecified atom stereocenters. The zero-order valence-electron chi connectivity index (χ0n) is 14.9. The van der Waals surface area contributed by atoms with E-state index in [4.69, 9.17) is 9.15 Å². The molecule has 0 aliphatic carbocycles. The van der Waals surface area contributed by atoms with Gasteiger partial charge >= 0.3 is 0 Å². The molecule has 25 heavy (non-hydrogen) atoms. The third kappa shape index (κ3) is 3.78. The molecule has 2 aliphatic rings. The second-order valence-corrected chi connectivity index (χ2v) is 7.60. The molecule has 2 saturated heterocycles. The lowest BCUT2D eigenvalue weighted by Crippen LogP contribution is -2.71. The Kier molecular flexibility index (Phi) is 4.88. The highest BCUT2D eigenvalue weighted by Crippen LogP contribution is 2.39. The van der Waals surface area contributed by atoms with Gasteiger partial charge in [-0.15, -0.1) is 0 Å². The molecule has 0 bridgehead atoms. The van der Waals surface area contributed by atoms with E-state index in [9.17, 15) is 0 Å². The van der Waals surface area contributed by atoms with Crippen molar-refractivity contribution in [2.24, 2.45) is 5.92 Å². The summed E-state index contributed by atoms with van der Waals surface area (Å²) in [5.74, 6) is 1.72. The first-order valence-electron chi connectivity index (χ1n) is 9.16. The molecule has 0 aromatic carbocycles. The van der Waals surface area contributed by atoms with Crippen molar-refractivity contribution in [1.29, 1.82) is 0 Å². The fourth-order valence-corrected chi connectivity index (χ4v) is 4.26. The molecule has 0 N–H and O–H groups in total. The van der Waals surface area contributed by atoms with Crippen LogP contribution in [0.2, 0.25) is 0 Å². The number of hydrogen-bond donors (Lipinski definition) is 0. The van der Waals surface area contributed by atoms with Crippen LogP contribution < -0.4 is 0 Å². The predicted molar refractivity (Wildman–Crippen MR) is 96.0 cm³/mol. The van der Waals surface area contributed by atoms with Gasteiger partial charge in [0, 0.05) is 37.6 Å². The van der Waals surface area contributed by atoms with E-state index < -0.39 is 0 Å². The van der Waals surface area contributed by atoms with E-state index in [2.05, 4.69) is 27.9 Å². The lowest BCUT2D eigenvalue weighted by Gasteiger charge is -2.58. The summed E-state index contributed by atoms with van der Waals surface area (Å²) < 4.78 is 11.5. The summed E-state index contributed by atoms with van der Waals surface area (Å²) in [6.07, 6.45) is 7.87. The number of likely N-dealkylation sites (N-methyl/N-ethyl adjacent to an activating group) is 1. The van der Waals surface area contributed by atoms with Crippen LogP contribution in [0.15, 0.2) is 47.3 Å². The van der Waals surface area contributed by atoms with Gasteiger partial charge in [0.25, 0.3) is 0 Å². The van der Waals surface area contributed by atoms with Crippen LogP contribution in [0.4, 0.5) is 0 Å². The van der Waals surface area contributed by atoms with Crippen LogP contribution in [-0.2, 0) is 17.9 Å². The van der Waals surface area contributed by atoms with Gasteiger partial charge in [-0.05, 0) is 62.2 Å². The lowest BCUT2D eigenvalue weighted by molar-refractivity contribution is -0.0951. The van der Waals surface area contributed by atoms with Crippen molar-refractivity contribution in [1.82, 2.24) is 14.8 Å². The number of ether oxygens (including phenoxy) is 1. The molecule has 2 aliphatic heterocycles. The minimum Gasteiger partial charge on any atom is -0.468 e. The van der Waals surface area contributed by atoms with E-state index in [1.807, 2.05) is 30.6 Å². The number of aromatic nitrogens is 1. The largest absolute Gasteiger partial charge is 0.468 e. The Labute approximate surface area is 149 Å². The Balaban J connectivity index is 1.26. The third-order valence-corrected chi connectivity index (χ3v) is 5.72. The number of hydrogen-bond acceptors (Lipinski definition) is 5. The van der Waals surface area contributed by atoms with Crippen molar-refractivity contribution < 1.29 is 9.15 Å². The second kappa shape index (κ2) is 7.28. The summed E-state index contributed by atoms with van der Waals surface area (Å²) in [5, 5.41) is 0. The van der Waals surface area contributed by atoms with E-state index in [0.29, 0.717) is 18.1 Å². The first kappa shape index (κ1) is 16.8. The number of pyridine rings is 1. The van der Waals surface area contributed by atoms with Crippen molar-refractivity contribution >= 4 is 0 Å².